The van der Waals surface area contributed by atoms with E-state index in [0.717, 1.165) is 59.6 Å². The van der Waals surface area contributed by atoms with Gasteiger partial charge in [0.2, 0.25) is 5.91 Å². The number of alkyl halides is 2. The highest BCUT2D eigenvalue weighted by molar-refractivity contribution is 7.15. The summed E-state index contributed by atoms with van der Waals surface area (Å²) in [7, 11) is 0. The highest BCUT2D eigenvalue weighted by atomic mass is 32.1. The predicted molar refractivity (Wildman–Crippen MR) is 139 cm³/mol. The number of carbonyl (C=O) groups is 1. The first-order chi connectivity index (χ1) is 16.8. The van der Waals surface area contributed by atoms with Gasteiger partial charge in [-0.3, -0.25) is 9.69 Å². The number of rotatable bonds is 5. The molecule has 0 aromatic carbocycles. The van der Waals surface area contributed by atoms with Gasteiger partial charge in [-0.2, -0.15) is 0 Å². The Morgan fingerprint density at radius 2 is 1.94 bits per heavy atom. The standard InChI is InChI=1S/C12H18N2OS.C11H15F2N3S.C2H2/c1-9-13-8-11(16-9)7-12(15)14-10-5-3-2-4-6-10;1-2-15-4-3-9-8(5-15)14-10(17-9)16-6-11(12,13)7-16;1-2/h8,10H,2-7H2,1H3,(H,14,15);2-7H2,1H3;1-2H. The maximum atomic E-state index is 12.8. The van der Waals surface area contributed by atoms with Crippen molar-refractivity contribution in [1.29, 1.82) is 0 Å². The van der Waals surface area contributed by atoms with Crippen LogP contribution in [0.25, 0.3) is 0 Å². The van der Waals surface area contributed by atoms with E-state index in [9.17, 15) is 13.6 Å². The van der Waals surface area contributed by atoms with Crippen molar-refractivity contribution in [2.24, 2.45) is 0 Å². The van der Waals surface area contributed by atoms with E-state index in [1.807, 2.05) is 6.92 Å². The maximum Gasteiger partial charge on any atom is 0.282 e. The lowest BCUT2D eigenvalue weighted by Crippen LogP contribution is -2.56. The average molecular weight is 524 g/mol. The number of aromatic nitrogens is 2. The van der Waals surface area contributed by atoms with E-state index in [-0.39, 0.29) is 19.0 Å². The summed E-state index contributed by atoms with van der Waals surface area (Å²) >= 11 is 3.19. The van der Waals surface area contributed by atoms with E-state index in [1.54, 1.807) is 33.8 Å². The van der Waals surface area contributed by atoms with E-state index < -0.39 is 5.92 Å². The van der Waals surface area contributed by atoms with Crippen LogP contribution in [0.15, 0.2) is 6.20 Å². The van der Waals surface area contributed by atoms with Crippen LogP contribution in [0.2, 0.25) is 0 Å². The second-order valence-electron chi connectivity index (χ2n) is 9.12. The van der Waals surface area contributed by atoms with Crippen LogP contribution < -0.4 is 10.2 Å². The molecular formula is C25H35F2N5OS2. The number of terminal acetylenes is 1. The van der Waals surface area contributed by atoms with Gasteiger partial charge in [-0.05, 0) is 32.7 Å². The third kappa shape index (κ3) is 7.95. The molecule has 0 spiro atoms. The summed E-state index contributed by atoms with van der Waals surface area (Å²) in [4.78, 5) is 26.8. The first-order valence-electron chi connectivity index (χ1n) is 12.2. The topological polar surface area (TPSA) is 61.4 Å². The predicted octanol–water partition coefficient (Wildman–Crippen LogP) is 4.67. The van der Waals surface area contributed by atoms with Gasteiger partial charge in [0.1, 0.15) is 0 Å². The summed E-state index contributed by atoms with van der Waals surface area (Å²) in [6.45, 7) is 6.71. The molecule has 1 aliphatic carbocycles. The van der Waals surface area contributed by atoms with Crippen molar-refractivity contribution < 1.29 is 13.6 Å². The number of amides is 1. The summed E-state index contributed by atoms with van der Waals surface area (Å²) in [6.07, 6.45) is 17.4. The molecular weight excluding hydrogens is 488 g/mol. The van der Waals surface area contributed by atoms with Gasteiger partial charge in [-0.1, -0.05) is 26.2 Å². The lowest BCUT2D eigenvalue weighted by Gasteiger charge is -2.38. The minimum Gasteiger partial charge on any atom is -0.353 e. The zero-order valence-corrected chi connectivity index (χ0v) is 22.2. The molecule has 2 aromatic heterocycles. The minimum absolute atomic E-state index is 0.149. The number of aryl methyl sites for hydroxylation is 1. The number of nitrogens with zero attached hydrogens (tertiary/aromatic N) is 4. The number of thiazole rings is 2. The Bertz CT molecular complexity index is 976. The molecule has 1 saturated heterocycles. The number of hydrogen-bond acceptors (Lipinski definition) is 7. The first-order valence-corrected chi connectivity index (χ1v) is 13.8. The number of fused-ring (bicyclic) bond motifs is 1. The Morgan fingerprint density at radius 3 is 2.54 bits per heavy atom. The maximum absolute atomic E-state index is 12.8. The van der Waals surface area contributed by atoms with Crippen LogP contribution in [-0.4, -0.2) is 58.9 Å². The molecule has 0 bridgehead atoms. The van der Waals surface area contributed by atoms with E-state index in [0.29, 0.717) is 12.5 Å². The number of halogens is 2. The fourth-order valence-corrected chi connectivity index (χ4v) is 6.31. The first kappa shape index (κ1) is 27.5. The summed E-state index contributed by atoms with van der Waals surface area (Å²) in [5.41, 5.74) is 1.09. The molecule has 0 atom stereocenters. The van der Waals surface area contributed by atoms with Crippen molar-refractivity contribution in [3.63, 3.8) is 0 Å². The van der Waals surface area contributed by atoms with Gasteiger partial charge in [-0.25, -0.2) is 18.7 Å². The Hall–Kier alpha value is -2.09. The van der Waals surface area contributed by atoms with Crippen LogP contribution in [0.5, 0.6) is 0 Å². The van der Waals surface area contributed by atoms with Crippen molar-refractivity contribution in [3.8, 4) is 12.8 Å². The molecule has 192 valence electrons. The Kier molecular flexibility index (Phi) is 10.0. The zero-order chi connectivity index (χ0) is 25.4. The molecule has 3 aliphatic rings. The van der Waals surface area contributed by atoms with Gasteiger partial charge in [0.15, 0.2) is 5.13 Å². The van der Waals surface area contributed by atoms with Gasteiger partial charge in [0, 0.05) is 35.1 Å². The molecule has 0 radical (unpaired) electrons. The molecule has 1 amide bonds. The summed E-state index contributed by atoms with van der Waals surface area (Å²) in [6, 6.07) is 0.412. The van der Waals surface area contributed by atoms with Crippen LogP contribution in [0.1, 0.15) is 59.5 Å². The fraction of sp³-hybridized carbons (Fsp3) is 0.640. The van der Waals surface area contributed by atoms with Gasteiger partial charge >= 0.3 is 0 Å². The Morgan fingerprint density at radius 1 is 1.23 bits per heavy atom. The van der Waals surface area contributed by atoms with Crippen molar-refractivity contribution in [2.75, 3.05) is 31.1 Å². The summed E-state index contributed by atoms with van der Waals surface area (Å²) < 4.78 is 25.6. The monoisotopic (exact) mass is 523 g/mol. The lowest BCUT2D eigenvalue weighted by atomic mass is 9.95. The lowest BCUT2D eigenvalue weighted by molar-refractivity contribution is -0.121. The van der Waals surface area contributed by atoms with Gasteiger partial charge in [0.05, 0.1) is 30.2 Å². The van der Waals surface area contributed by atoms with Gasteiger partial charge in [0.25, 0.3) is 5.92 Å². The largest absolute Gasteiger partial charge is 0.353 e. The number of anilines is 1. The number of hydrogen-bond donors (Lipinski definition) is 1. The highest BCUT2D eigenvalue weighted by Crippen LogP contribution is 2.37. The normalized spacial score (nSPS) is 19.3. The Balaban J connectivity index is 0.000000183. The fourth-order valence-electron chi connectivity index (χ4n) is 4.46. The van der Waals surface area contributed by atoms with E-state index in [4.69, 9.17) is 0 Å². The van der Waals surface area contributed by atoms with Crippen LogP contribution in [0.4, 0.5) is 13.9 Å². The van der Waals surface area contributed by atoms with E-state index in [1.165, 1.54) is 24.1 Å². The molecule has 2 aliphatic heterocycles. The SMILES string of the molecule is C#C.CCN1CCc2sc(N3CC(F)(F)C3)nc2C1.Cc1ncc(CC(=O)NC2CCCCC2)s1. The third-order valence-corrected chi connectivity index (χ3v) is 8.46. The van der Waals surface area contributed by atoms with Crippen LogP contribution in [-0.2, 0) is 24.2 Å². The van der Waals surface area contributed by atoms with Crippen molar-refractivity contribution in [2.45, 2.75) is 77.3 Å². The highest BCUT2D eigenvalue weighted by Gasteiger charge is 2.45. The van der Waals surface area contributed by atoms with Crippen LogP contribution in [0, 0.1) is 19.8 Å². The van der Waals surface area contributed by atoms with Crippen molar-refractivity contribution in [1.82, 2.24) is 20.2 Å². The molecule has 10 heteroatoms. The van der Waals surface area contributed by atoms with Crippen molar-refractivity contribution in [3.05, 3.63) is 26.7 Å². The average Bonchev–Trinajstić information content (AvgIpc) is 3.44. The third-order valence-electron chi connectivity index (χ3n) is 6.33. The van der Waals surface area contributed by atoms with Crippen LogP contribution >= 0.6 is 22.7 Å². The number of carbonyl (C=O) groups excluding carboxylic acids is 1. The van der Waals surface area contributed by atoms with Crippen molar-refractivity contribution >= 4 is 33.7 Å². The minimum atomic E-state index is -2.51. The zero-order valence-electron chi connectivity index (χ0n) is 20.6. The summed E-state index contributed by atoms with van der Waals surface area (Å²) in [5, 5.41) is 4.92. The molecule has 2 aromatic rings. The summed E-state index contributed by atoms with van der Waals surface area (Å²) in [5.74, 6) is -2.36. The molecule has 4 heterocycles. The molecule has 1 saturated carbocycles. The van der Waals surface area contributed by atoms with E-state index in [2.05, 4.69) is 40.0 Å². The van der Waals surface area contributed by atoms with Crippen LogP contribution in [0.3, 0.4) is 0 Å². The number of likely N-dealkylation sites (N-methyl/N-ethyl adjacent to an activating group) is 1. The molecule has 5 rings (SSSR count). The molecule has 2 fully saturated rings. The Labute approximate surface area is 215 Å². The van der Waals surface area contributed by atoms with Gasteiger partial charge in [-0.15, -0.1) is 35.5 Å². The molecule has 6 nitrogen and oxygen atoms in total. The number of nitrogens with one attached hydrogen (secondary N) is 1. The second kappa shape index (κ2) is 12.7. The molecule has 35 heavy (non-hydrogen) atoms. The molecule has 0 unspecified atom stereocenters. The quantitative estimate of drug-likeness (QED) is 0.578. The second-order valence-corrected chi connectivity index (χ2v) is 11.5. The van der Waals surface area contributed by atoms with Gasteiger partial charge < -0.3 is 10.2 Å². The molecule has 1 N–H and O–H groups in total. The van der Waals surface area contributed by atoms with E-state index >= 15 is 0 Å². The smallest absolute Gasteiger partial charge is 0.282 e.